The maximum Gasteiger partial charge on any atom is 0.309 e. The Morgan fingerprint density at radius 1 is 1.13 bits per heavy atom. The van der Waals surface area contributed by atoms with Crippen LogP contribution in [0.4, 0.5) is 0 Å². The van der Waals surface area contributed by atoms with Gasteiger partial charge in [-0.25, -0.2) is 8.42 Å². The molecule has 3 atom stereocenters. The second-order valence-corrected chi connectivity index (χ2v) is 15.2. The Bertz CT molecular complexity index is 1410. The van der Waals surface area contributed by atoms with E-state index in [1.54, 1.807) is 38.1 Å². The fourth-order valence-electron chi connectivity index (χ4n) is 6.05. The van der Waals surface area contributed by atoms with Gasteiger partial charge in [0.25, 0.3) is 0 Å². The summed E-state index contributed by atoms with van der Waals surface area (Å²) in [7, 11) is -3.78. The summed E-state index contributed by atoms with van der Waals surface area (Å²) in [6, 6.07) is 12.6. The van der Waals surface area contributed by atoms with Crippen LogP contribution in [0.25, 0.3) is 0 Å². The van der Waals surface area contributed by atoms with Crippen LogP contribution in [0.3, 0.4) is 0 Å². The average molecular weight is 642 g/mol. The molecule has 3 rings (SSSR count). The Morgan fingerprint density at radius 2 is 1.87 bits per heavy atom. The fourth-order valence-corrected chi connectivity index (χ4v) is 7.58. The Labute approximate surface area is 271 Å². The molecule has 3 unspecified atom stereocenters. The number of para-hydroxylation sites is 1. The largest absolute Gasteiger partial charge is 0.491 e. The number of aryl methyl sites for hydroxylation is 1. The molecule has 0 saturated heterocycles. The third-order valence-electron chi connectivity index (χ3n) is 9.49. The molecule has 0 fully saturated rings. The minimum atomic E-state index is -3.78. The third-order valence-corrected chi connectivity index (χ3v) is 11.4. The molecule has 1 aliphatic rings. The molecule has 0 aliphatic carbocycles. The molecular formula is C36H55N3O5S. The van der Waals surface area contributed by atoms with Crippen molar-refractivity contribution in [1.82, 2.24) is 9.62 Å². The molecule has 9 heteroatoms. The average Bonchev–Trinajstić information content (AvgIpc) is 3.12. The number of rotatable bonds is 17. The van der Waals surface area contributed by atoms with E-state index in [1.165, 1.54) is 30.0 Å². The van der Waals surface area contributed by atoms with Crippen molar-refractivity contribution in [3.63, 3.8) is 0 Å². The van der Waals surface area contributed by atoms with E-state index in [0.29, 0.717) is 30.2 Å². The van der Waals surface area contributed by atoms with Crippen LogP contribution in [0.5, 0.6) is 5.75 Å². The number of fused-ring (bicyclic) bond motifs is 1. The van der Waals surface area contributed by atoms with E-state index in [4.69, 9.17) is 10.5 Å². The fraction of sp³-hybridized carbons (Fsp3) is 0.583. The van der Waals surface area contributed by atoms with Gasteiger partial charge in [-0.1, -0.05) is 70.4 Å². The van der Waals surface area contributed by atoms with Crippen LogP contribution >= 0.6 is 0 Å². The number of carboxylic acid groups (broad SMARTS) is 1. The number of nitrogens with two attached hydrogens (primary N) is 1. The van der Waals surface area contributed by atoms with E-state index >= 15 is 0 Å². The van der Waals surface area contributed by atoms with Gasteiger partial charge < -0.3 is 20.9 Å². The molecule has 2 aromatic rings. The first-order valence-corrected chi connectivity index (χ1v) is 18.0. The van der Waals surface area contributed by atoms with Gasteiger partial charge in [0.1, 0.15) is 17.3 Å². The molecular weight excluding hydrogens is 586 g/mol. The van der Waals surface area contributed by atoms with Crippen molar-refractivity contribution in [2.24, 2.45) is 23.0 Å². The number of carboxylic acids is 1. The number of carbonyl (C=O) groups is 1. The minimum absolute atomic E-state index is 0.161. The van der Waals surface area contributed by atoms with E-state index < -0.39 is 21.4 Å². The van der Waals surface area contributed by atoms with E-state index in [9.17, 15) is 18.3 Å². The highest BCUT2D eigenvalue weighted by Gasteiger charge is 2.38. The summed E-state index contributed by atoms with van der Waals surface area (Å²) in [4.78, 5) is 12.6. The second-order valence-electron chi connectivity index (χ2n) is 13.3. The number of ether oxygens (including phenoxy) is 1. The zero-order valence-corrected chi connectivity index (χ0v) is 29.0. The Balaban J connectivity index is 1.78. The molecule has 45 heavy (non-hydrogen) atoms. The quantitative estimate of drug-likeness (QED) is 0.167. The van der Waals surface area contributed by atoms with Gasteiger partial charge in [-0.05, 0) is 93.0 Å². The van der Waals surface area contributed by atoms with Gasteiger partial charge >= 0.3 is 5.97 Å². The van der Waals surface area contributed by atoms with E-state index in [0.717, 1.165) is 35.6 Å². The monoisotopic (exact) mass is 641 g/mol. The summed E-state index contributed by atoms with van der Waals surface area (Å²) in [6.07, 6.45) is 8.95. The summed E-state index contributed by atoms with van der Waals surface area (Å²) < 4.78 is 34.3. The molecule has 250 valence electrons. The topological polar surface area (TPSA) is 122 Å². The number of aliphatic carboxylic acids is 1. The molecule has 8 nitrogen and oxygen atoms in total. The summed E-state index contributed by atoms with van der Waals surface area (Å²) >= 11 is 0. The normalized spacial score (nSPS) is 17.4. The maximum atomic E-state index is 13.6. The van der Waals surface area contributed by atoms with Crippen LogP contribution in [0, 0.1) is 24.2 Å². The molecule has 4 N–H and O–H groups in total. The molecule has 1 heterocycles. The molecule has 0 aromatic heterocycles. The number of nitrogens with one attached hydrogen (secondary N) is 1. The zero-order chi connectivity index (χ0) is 33.2. The minimum Gasteiger partial charge on any atom is -0.491 e. The van der Waals surface area contributed by atoms with Crippen molar-refractivity contribution in [3.8, 4) is 5.75 Å². The van der Waals surface area contributed by atoms with Gasteiger partial charge in [-0.15, -0.1) is 0 Å². The van der Waals surface area contributed by atoms with Gasteiger partial charge in [0.2, 0.25) is 10.0 Å². The van der Waals surface area contributed by atoms with Crippen LogP contribution in [0.15, 0.2) is 59.3 Å². The Morgan fingerprint density at radius 3 is 2.56 bits per heavy atom. The van der Waals surface area contributed by atoms with Crippen LogP contribution in [0.2, 0.25) is 0 Å². The highest BCUT2D eigenvalue weighted by atomic mass is 32.2. The van der Waals surface area contributed by atoms with Crippen molar-refractivity contribution in [1.29, 1.82) is 0 Å². The van der Waals surface area contributed by atoms with Crippen molar-refractivity contribution in [3.05, 3.63) is 71.1 Å². The summed E-state index contributed by atoms with van der Waals surface area (Å²) in [5, 5.41) is 13.7. The van der Waals surface area contributed by atoms with Crippen molar-refractivity contribution in [2.45, 2.75) is 104 Å². The zero-order valence-electron chi connectivity index (χ0n) is 28.1. The van der Waals surface area contributed by atoms with Gasteiger partial charge in [-0.2, -0.15) is 4.31 Å². The lowest BCUT2D eigenvalue weighted by Crippen LogP contribution is -2.33. The first-order valence-electron chi connectivity index (χ1n) is 16.5. The maximum absolute atomic E-state index is 13.6. The highest BCUT2D eigenvalue weighted by Crippen LogP contribution is 2.41. The molecule has 0 spiro atoms. The van der Waals surface area contributed by atoms with Crippen molar-refractivity contribution in [2.75, 3.05) is 19.7 Å². The number of nitrogens with zero attached hydrogens (tertiary/aromatic N) is 1. The van der Waals surface area contributed by atoms with Gasteiger partial charge in [0.05, 0.1) is 5.41 Å². The number of sulfonamides is 1. The van der Waals surface area contributed by atoms with Crippen LogP contribution in [-0.2, 0) is 21.4 Å². The number of hydrogen-bond acceptors (Lipinski definition) is 6. The van der Waals surface area contributed by atoms with E-state index in [2.05, 4.69) is 26.1 Å². The summed E-state index contributed by atoms with van der Waals surface area (Å²) in [5.74, 6) is 0.477. The van der Waals surface area contributed by atoms with Gasteiger partial charge in [0.15, 0.2) is 0 Å². The van der Waals surface area contributed by atoms with Crippen LogP contribution in [0.1, 0.15) is 102 Å². The van der Waals surface area contributed by atoms with Gasteiger partial charge in [-0.3, -0.25) is 4.79 Å². The molecule has 2 aromatic carbocycles. The van der Waals surface area contributed by atoms with Crippen LogP contribution in [-0.4, -0.2) is 43.5 Å². The van der Waals surface area contributed by atoms with Crippen LogP contribution < -0.4 is 15.8 Å². The lowest BCUT2D eigenvalue weighted by molar-refractivity contribution is -0.148. The summed E-state index contributed by atoms with van der Waals surface area (Å²) in [5.41, 5.74) is 8.72. The first kappa shape index (κ1) is 36.4. The van der Waals surface area contributed by atoms with Crippen molar-refractivity contribution >= 4 is 16.0 Å². The Kier molecular flexibility index (Phi) is 13.4. The number of benzene rings is 2. The molecule has 0 bridgehead atoms. The molecule has 1 aliphatic heterocycles. The highest BCUT2D eigenvalue weighted by molar-refractivity contribution is 7.89. The number of allylic oxidation sites excluding steroid dienone is 1. The SMILES string of the molecule is CCCC(CCC(C)CC)CN/C=C(\N)CCC(c1ccc(C)c(CN2CCOc3ccccc3S2(=O)=O)c1)C(C)(C)C(=O)O. The first-order chi connectivity index (χ1) is 21.3. The van der Waals surface area contributed by atoms with E-state index in [1.807, 2.05) is 31.3 Å². The molecule has 0 saturated carbocycles. The van der Waals surface area contributed by atoms with E-state index in [-0.39, 0.29) is 30.5 Å². The predicted molar refractivity (Wildman–Crippen MR) is 181 cm³/mol. The summed E-state index contributed by atoms with van der Waals surface area (Å²) in [6.45, 7) is 13.7. The lowest BCUT2D eigenvalue weighted by atomic mass is 9.72. The van der Waals surface area contributed by atoms with Crippen molar-refractivity contribution < 1.29 is 23.1 Å². The van der Waals surface area contributed by atoms with Gasteiger partial charge in [0, 0.05) is 31.5 Å². The second kappa shape index (κ2) is 16.5. The lowest BCUT2D eigenvalue weighted by Gasteiger charge is -2.32. The number of hydrogen-bond donors (Lipinski definition) is 3. The predicted octanol–water partition coefficient (Wildman–Crippen LogP) is 7.19. The molecule has 0 amide bonds. The molecule has 0 radical (unpaired) electrons. The Hall–Kier alpha value is -3.04. The third kappa shape index (κ3) is 9.72. The smallest absolute Gasteiger partial charge is 0.309 e. The standard InChI is InChI=1S/C36H55N3O5S/c1-7-11-28(16-14-26(3)8-2)23-38-24-31(37)18-19-32(36(5,6)35(40)41)29-17-15-27(4)30(22-29)25-39-20-21-44-33-12-9-10-13-34(33)45(39,42)43/h9-10,12-13,15,17,22,24,26,28,32,38H,7-8,11,14,16,18-21,23,25,37H2,1-6H3,(H,40,41)/b31-24-.